The summed E-state index contributed by atoms with van der Waals surface area (Å²) >= 11 is 8.81. The number of pyridine rings is 1. The Morgan fingerprint density at radius 3 is 2.62 bits per heavy atom. The highest BCUT2D eigenvalue weighted by atomic mass is 79.9. The van der Waals surface area contributed by atoms with E-state index < -0.39 is 20.7 Å². The molecule has 1 aromatic carbocycles. The quantitative estimate of drug-likeness (QED) is 0.617. The number of nitrogens with two attached hydrogens (primary N) is 1. The highest BCUT2D eigenvalue weighted by Crippen LogP contribution is 2.34. The summed E-state index contributed by atoms with van der Waals surface area (Å²) in [5.41, 5.74) is 5.81. The molecule has 0 spiro atoms. The maximum atomic E-state index is 14.0. The van der Waals surface area contributed by atoms with E-state index in [9.17, 15) is 12.8 Å². The summed E-state index contributed by atoms with van der Waals surface area (Å²) in [6, 6.07) is 4.29. The van der Waals surface area contributed by atoms with Gasteiger partial charge in [-0.2, -0.15) is 0 Å². The number of nitrogens with zero attached hydrogens (tertiary/aromatic N) is 1. The van der Waals surface area contributed by atoms with Crippen LogP contribution in [0.15, 0.2) is 40.0 Å². The molecule has 9 heteroatoms. The first-order valence-corrected chi connectivity index (χ1v) is 8.30. The monoisotopic (exact) mass is 393 g/mol. The second kappa shape index (κ2) is 6.27. The summed E-state index contributed by atoms with van der Waals surface area (Å²) < 4.78 is 40.7. The summed E-state index contributed by atoms with van der Waals surface area (Å²) in [7, 11) is -4.08. The van der Waals surface area contributed by atoms with Crippen LogP contribution in [0.25, 0.3) is 0 Å². The van der Waals surface area contributed by atoms with E-state index in [0.29, 0.717) is 5.56 Å². The van der Waals surface area contributed by atoms with Gasteiger partial charge in [-0.1, -0.05) is 11.6 Å². The zero-order valence-electron chi connectivity index (χ0n) is 10.5. The number of hydrogen-bond donors (Lipinski definition) is 2. The average Bonchev–Trinajstić information content (AvgIpc) is 2.48. The van der Waals surface area contributed by atoms with Gasteiger partial charge in [-0.15, -0.1) is 0 Å². The lowest BCUT2D eigenvalue weighted by molar-refractivity contribution is 0.558. The van der Waals surface area contributed by atoms with Crippen LogP contribution in [0.1, 0.15) is 5.56 Å². The molecule has 0 aliphatic carbocycles. The van der Waals surface area contributed by atoms with Crippen molar-refractivity contribution in [3.63, 3.8) is 0 Å². The van der Waals surface area contributed by atoms with Crippen molar-refractivity contribution in [3.8, 4) is 0 Å². The lowest BCUT2D eigenvalue weighted by Crippen LogP contribution is -2.24. The highest BCUT2D eigenvalue weighted by molar-refractivity contribution is 9.10. The Balaban J connectivity index is 2.32. The molecule has 0 fully saturated rings. The van der Waals surface area contributed by atoms with Gasteiger partial charge in [0.1, 0.15) is 4.90 Å². The molecule has 5 nitrogen and oxygen atoms in total. The highest BCUT2D eigenvalue weighted by Gasteiger charge is 2.23. The maximum Gasteiger partial charge on any atom is 0.243 e. The molecule has 0 saturated carbocycles. The van der Waals surface area contributed by atoms with Crippen LogP contribution in [-0.2, 0) is 16.6 Å². The molecule has 1 aromatic heterocycles. The summed E-state index contributed by atoms with van der Waals surface area (Å²) in [4.78, 5) is 3.22. The number of rotatable bonds is 4. The molecule has 1 heterocycles. The lowest BCUT2D eigenvalue weighted by Gasteiger charge is -2.11. The predicted octanol–water partition coefficient (Wildman–Crippen LogP) is 2.70. The largest absolute Gasteiger partial charge is 0.395 e. The van der Waals surface area contributed by atoms with E-state index in [1.165, 1.54) is 12.4 Å². The minimum Gasteiger partial charge on any atom is -0.395 e. The van der Waals surface area contributed by atoms with Crippen LogP contribution < -0.4 is 10.5 Å². The number of halogens is 3. The molecule has 2 aromatic rings. The number of benzene rings is 1. The maximum absolute atomic E-state index is 14.0. The Kier molecular flexibility index (Phi) is 4.82. The first kappa shape index (κ1) is 16.2. The van der Waals surface area contributed by atoms with E-state index in [-0.39, 0.29) is 21.7 Å². The van der Waals surface area contributed by atoms with Gasteiger partial charge in [0.05, 0.1) is 15.2 Å². The summed E-state index contributed by atoms with van der Waals surface area (Å²) in [5, 5.41) is 0.0122. The van der Waals surface area contributed by atoms with Crippen LogP contribution in [0.4, 0.5) is 10.1 Å². The van der Waals surface area contributed by atoms with E-state index in [0.717, 1.165) is 6.07 Å². The Morgan fingerprint density at radius 2 is 2.00 bits per heavy atom. The molecule has 0 atom stereocenters. The third-order valence-electron chi connectivity index (χ3n) is 2.66. The third kappa shape index (κ3) is 3.52. The van der Waals surface area contributed by atoms with Crippen molar-refractivity contribution in [2.45, 2.75) is 11.4 Å². The average molecular weight is 395 g/mol. The fourth-order valence-electron chi connectivity index (χ4n) is 1.55. The molecule has 0 bridgehead atoms. The molecule has 0 unspecified atom stereocenters. The van der Waals surface area contributed by atoms with Gasteiger partial charge in [-0.25, -0.2) is 17.5 Å². The van der Waals surface area contributed by atoms with E-state index >= 15 is 0 Å². The Hall–Kier alpha value is -1.22. The van der Waals surface area contributed by atoms with E-state index in [1.54, 1.807) is 12.1 Å². The van der Waals surface area contributed by atoms with Gasteiger partial charge in [-0.3, -0.25) is 4.98 Å². The van der Waals surface area contributed by atoms with Crippen molar-refractivity contribution in [2.24, 2.45) is 0 Å². The lowest BCUT2D eigenvalue weighted by atomic mass is 10.3. The standard InChI is InChI=1S/C12H10BrClFN3O2S/c13-10-8(14)5-9(11(15)12(10)16)21(19,20)18-6-7-1-3-17-4-2-7/h1-5,18H,6,16H2. The van der Waals surface area contributed by atoms with Crippen molar-refractivity contribution < 1.29 is 12.8 Å². The Labute approximate surface area is 134 Å². The second-order valence-electron chi connectivity index (χ2n) is 4.08. The predicted molar refractivity (Wildman–Crippen MR) is 81.8 cm³/mol. The van der Waals surface area contributed by atoms with Crippen molar-refractivity contribution in [1.29, 1.82) is 0 Å². The second-order valence-corrected chi connectivity index (χ2v) is 7.01. The van der Waals surface area contributed by atoms with Crippen molar-refractivity contribution >= 4 is 43.2 Å². The molecule has 0 aliphatic rings. The van der Waals surface area contributed by atoms with Crippen LogP contribution in [0.3, 0.4) is 0 Å². The smallest absolute Gasteiger partial charge is 0.243 e. The molecule has 112 valence electrons. The zero-order valence-corrected chi connectivity index (χ0v) is 13.6. The number of nitrogen functional groups attached to an aromatic ring is 1. The van der Waals surface area contributed by atoms with Gasteiger partial charge in [0, 0.05) is 18.9 Å². The zero-order chi connectivity index (χ0) is 15.6. The molecule has 3 N–H and O–H groups in total. The van der Waals surface area contributed by atoms with Crippen LogP contribution >= 0.6 is 27.5 Å². The molecule has 21 heavy (non-hydrogen) atoms. The summed E-state index contributed by atoms with van der Waals surface area (Å²) in [5.74, 6) is -1.05. The number of aromatic nitrogens is 1. The number of anilines is 1. The van der Waals surface area contributed by atoms with Gasteiger partial charge in [0.2, 0.25) is 10.0 Å². The Bertz CT molecular complexity index is 772. The molecule has 0 radical (unpaired) electrons. The summed E-state index contributed by atoms with van der Waals surface area (Å²) in [6.45, 7) is -0.00210. The van der Waals surface area contributed by atoms with Crippen molar-refractivity contribution in [1.82, 2.24) is 9.71 Å². The number of sulfonamides is 1. The van der Waals surface area contributed by atoms with Crippen molar-refractivity contribution in [3.05, 3.63) is 51.5 Å². The topological polar surface area (TPSA) is 85.1 Å². The van der Waals surface area contributed by atoms with Crippen LogP contribution in [0.5, 0.6) is 0 Å². The SMILES string of the molecule is Nc1c(F)c(S(=O)(=O)NCc2ccncc2)cc(Cl)c1Br. The van der Waals surface area contributed by atoms with Crippen LogP contribution in [0.2, 0.25) is 5.02 Å². The molecule has 0 amide bonds. The van der Waals surface area contributed by atoms with Gasteiger partial charge in [0.25, 0.3) is 0 Å². The summed E-state index contributed by atoms with van der Waals surface area (Å²) in [6.07, 6.45) is 3.05. The molecule has 0 aliphatic heterocycles. The fourth-order valence-corrected chi connectivity index (χ4v) is 3.25. The number of hydrogen-bond acceptors (Lipinski definition) is 4. The van der Waals surface area contributed by atoms with Gasteiger partial charge in [-0.05, 0) is 39.7 Å². The van der Waals surface area contributed by atoms with Gasteiger partial charge < -0.3 is 5.73 Å². The molecular weight excluding hydrogens is 385 g/mol. The fraction of sp³-hybridized carbons (Fsp3) is 0.0833. The minimum atomic E-state index is -4.08. The van der Waals surface area contributed by atoms with Crippen LogP contribution in [-0.4, -0.2) is 13.4 Å². The van der Waals surface area contributed by atoms with E-state index in [4.69, 9.17) is 17.3 Å². The third-order valence-corrected chi connectivity index (χ3v) is 5.44. The van der Waals surface area contributed by atoms with Crippen LogP contribution in [0, 0.1) is 5.82 Å². The van der Waals surface area contributed by atoms with E-state index in [2.05, 4.69) is 25.6 Å². The normalized spacial score (nSPS) is 11.6. The van der Waals surface area contributed by atoms with Gasteiger partial charge >= 0.3 is 0 Å². The Morgan fingerprint density at radius 1 is 1.38 bits per heavy atom. The molecule has 2 rings (SSSR count). The molecular formula is C12H10BrClFN3O2S. The minimum absolute atomic E-state index is 0.00210. The van der Waals surface area contributed by atoms with E-state index in [1.807, 2.05) is 0 Å². The van der Waals surface area contributed by atoms with Crippen molar-refractivity contribution in [2.75, 3.05) is 5.73 Å². The number of nitrogens with one attached hydrogen (secondary N) is 1. The van der Waals surface area contributed by atoms with Gasteiger partial charge in [0.15, 0.2) is 5.82 Å². The first-order chi connectivity index (χ1) is 9.83. The first-order valence-electron chi connectivity index (χ1n) is 5.64. The molecule has 0 saturated heterocycles.